The van der Waals surface area contributed by atoms with Gasteiger partial charge in [0.1, 0.15) is 5.60 Å². The maximum Gasteiger partial charge on any atom is 0.414 e. The van der Waals surface area contributed by atoms with Crippen molar-refractivity contribution in [1.29, 1.82) is 0 Å². The molecule has 37 heavy (non-hydrogen) atoms. The molecule has 0 N–H and O–H groups in total. The molecule has 0 unspecified atom stereocenters. The van der Waals surface area contributed by atoms with Gasteiger partial charge in [-0.05, 0) is 55.4 Å². The lowest BCUT2D eigenvalue weighted by Crippen LogP contribution is -2.67. The summed E-state index contributed by atoms with van der Waals surface area (Å²) in [4.78, 5) is 27.6. The van der Waals surface area contributed by atoms with Gasteiger partial charge >= 0.3 is 6.09 Å². The van der Waals surface area contributed by atoms with Crippen LogP contribution in [0.5, 0.6) is 0 Å². The second-order valence-electron chi connectivity index (χ2n) is 11.9. The van der Waals surface area contributed by atoms with E-state index in [0.29, 0.717) is 19.4 Å². The van der Waals surface area contributed by atoms with Crippen LogP contribution in [0.1, 0.15) is 74.1 Å². The molecule has 0 aromatic heterocycles. The predicted molar refractivity (Wildman–Crippen MR) is 153 cm³/mol. The van der Waals surface area contributed by atoms with Crippen molar-refractivity contribution in [1.82, 2.24) is 4.90 Å². The SMILES string of the molecule is CCCC(=O)/C=C1\CC[C@@H](CO[Si](c2ccccc2)(c2ccccc2)C(C)(C)C)N1C(=O)OC(C)(C)C. The number of ketones is 1. The van der Waals surface area contributed by atoms with Crippen LogP contribution < -0.4 is 10.4 Å². The number of ether oxygens (including phenoxy) is 1. The van der Waals surface area contributed by atoms with E-state index in [4.69, 9.17) is 9.16 Å². The van der Waals surface area contributed by atoms with Crippen molar-refractivity contribution in [2.45, 2.75) is 90.8 Å². The molecule has 1 aliphatic rings. The van der Waals surface area contributed by atoms with E-state index in [1.54, 1.807) is 11.0 Å². The maximum absolute atomic E-state index is 13.4. The monoisotopic (exact) mass is 521 g/mol. The van der Waals surface area contributed by atoms with Gasteiger partial charge in [0.05, 0.1) is 12.6 Å². The Kier molecular flexibility index (Phi) is 9.19. The molecule has 2 aromatic carbocycles. The van der Waals surface area contributed by atoms with Crippen molar-refractivity contribution in [3.8, 4) is 0 Å². The molecule has 200 valence electrons. The molecule has 0 spiro atoms. The third-order valence-electron chi connectivity index (χ3n) is 6.73. The number of amides is 1. The minimum Gasteiger partial charge on any atom is -0.443 e. The van der Waals surface area contributed by atoms with E-state index in [0.717, 1.165) is 18.5 Å². The molecule has 1 aliphatic heterocycles. The van der Waals surface area contributed by atoms with E-state index in [2.05, 4.69) is 69.3 Å². The van der Waals surface area contributed by atoms with Crippen LogP contribution in [0.25, 0.3) is 0 Å². The highest BCUT2D eigenvalue weighted by atomic mass is 28.4. The number of nitrogens with zero attached hydrogens (tertiary/aromatic N) is 1. The molecule has 0 radical (unpaired) electrons. The molecule has 3 rings (SSSR count). The number of carbonyl (C=O) groups excluding carboxylic acids is 2. The van der Waals surface area contributed by atoms with E-state index < -0.39 is 20.0 Å². The van der Waals surface area contributed by atoms with Crippen LogP contribution in [0.2, 0.25) is 5.04 Å². The van der Waals surface area contributed by atoms with Gasteiger partial charge in [-0.3, -0.25) is 9.69 Å². The summed E-state index contributed by atoms with van der Waals surface area (Å²) < 4.78 is 12.9. The fourth-order valence-electron chi connectivity index (χ4n) is 5.16. The molecule has 1 heterocycles. The minimum absolute atomic E-state index is 0.0413. The third kappa shape index (κ3) is 6.79. The molecular weight excluding hydrogens is 478 g/mol. The molecule has 1 atom stereocenters. The van der Waals surface area contributed by atoms with Gasteiger partial charge in [0.15, 0.2) is 5.78 Å². The third-order valence-corrected chi connectivity index (χ3v) is 11.7. The molecule has 0 bridgehead atoms. The van der Waals surface area contributed by atoms with Crippen molar-refractivity contribution >= 4 is 30.6 Å². The topological polar surface area (TPSA) is 55.8 Å². The standard InChI is InChI=1S/C31H43NO4Si/c1-8-15-26(33)22-24-20-21-25(32(24)29(34)36-30(2,3)4)23-35-37(31(5,6)7,27-16-11-9-12-17-27)28-18-13-10-14-19-28/h9-14,16-19,22,25H,8,15,20-21,23H2,1-7H3/b24-22+/t25-/m0/s1. The lowest BCUT2D eigenvalue weighted by molar-refractivity contribution is -0.114. The molecule has 1 saturated heterocycles. The molecule has 2 aromatic rings. The van der Waals surface area contributed by atoms with Gasteiger partial charge in [0, 0.05) is 18.2 Å². The van der Waals surface area contributed by atoms with Gasteiger partial charge in [0.25, 0.3) is 8.32 Å². The van der Waals surface area contributed by atoms with Gasteiger partial charge in [-0.2, -0.15) is 0 Å². The maximum atomic E-state index is 13.4. The van der Waals surface area contributed by atoms with Crippen LogP contribution in [0.15, 0.2) is 72.4 Å². The molecular formula is C31H43NO4Si. The lowest BCUT2D eigenvalue weighted by Gasteiger charge is -2.44. The lowest BCUT2D eigenvalue weighted by atomic mass is 10.2. The fourth-order valence-corrected chi connectivity index (χ4v) is 9.76. The first-order valence-electron chi connectivity index (χ1n) is 13.4. The summed E-state index contributed by atoms with van der Waals surface area (Å²) in [6.45, 7) is 14.7. The molecule has 0 aliphatic carbocycles. The summed E-state index contributed by atoms with van der Waals surface area (Å²) in [5, 5.41) is 2.23. The van der Waals surface area contributed by atoms with Gasteiger partial charge in [-0.1, -0.05) is 88.4 Å². The largest absolute Gasteiger partial charge is 0.443 e. The Morgan fingerprint density at radius 2 is 1.49 bits per heavy atom. The van der Waals surface area contributed by atoms with Crippen LogP contribution in [0.4, 0.5) is 4.79 Å². The summed E-state index contributed by atoms with van der Waals surface area (Å²) in [6.07, 6.45) is 3.82. The summed E-state index contributed by atoms with van der Waals surface area (Å²) in [5.74, 6) is 0.0413. The summed E-state index contributed by atoms with van der Waals surface area (Å²) in [7, 11) is -2.76. The fraction of sp³-hybridized carbons (Fsp3) is 0.484. The summed E-state index contributed by atoms with van der Waals surface area (Å²) in [6, 6.07) is 20.8. The second kappa shape index (κ2) is 11.8. The van der Waals surface area contributed by atoms with Crippen molar-refractivity contribution in [3.05, 3.63) is 72.4 Å². The minimum atomic E-state index is -2.76. The Hall–Kier alpha value is -2.70. The second-order valence-corrected chi connectivity index (χ2v) is 16.2. The van der Waals surface area contributed by atoms with Gasteiger partial charge in [-0.25, -0.2) is 4.79 Å². The quantitative estimate of drug-likeness (QED) is 0.306. The average molecular weight is 522 g/mol. The number of hydrogen-bond donors (Lipinski definition) is 0. The normalized spacial score (nSPS) is 17.8. The van der Waals surface area contributed by atoms with Crippen LogP contribution in [-0.4, -0.2) is 43.3 Å². The Balaban J connectivity index is 2.02. The zero-order valence-corrected chi connectivity index (χ0v) is 24.5. The zero-order valence-electron chi connectivity index (χ0n) is 23.5. The van der Waals surface area contributed by atoms with Crippen molar-refractivity contribution in [3.63, 3.8) is 0 Å². The molecule has 1 fully saturated rings. The van der Waals surface area contributed by atoms with E-state index in [1.165, 1.54) is 10.4 Å². The van der Waals surface area contributed by atoms with E-state index in [1.807, 2.05) is 39.8 Å². The van der Waals surface area contributed by atoms with Crippen molar-refractivity contribution in [2.75, 3.05) is 6.61 Å². The molecule has 6 heteroatoms. The number of rotatable bonds is 8. The van der Waals surface area contributed by atoms with E-state index in [9.17, 15) is 9.59 Å². The average Bonchev–Trinajstić information content (AvgIpc) is 3.21. The zero-order chi connectivity index (χ0) is 27.3. The van der Waals surface area contributed by atoms with E-state index in [-0.39, 0.29) is 16.9 Å². The first-order valence-corrected chi connectivity index (χ1v) is 15.3. The Morgan fingerprint density at radius 3 is 1.95 bits per heavy atom. The van der Waals surface area contributed by atoms with Crippen LogP contribution >= 0.6 is 0 Å². The Morgan fingerprint density at radius 1 is 0.946 bits per heavy atom. The van der Waals surface area contributed by atoms with Crippen LogP contribution in [0.3, 0.4) is 0 Å². The first-order chi connectivity index (χ1) is 17.4. The number of allylic oxidation sites excluding steroid dienone is 2. The summed E-state index contributed by atoms with van der Waals surface area (Å²) >= 11 is 0. The number of hydrogen-bond acceptors (Lipinski definition) is 4. The highest BCUT2D eigenvalue weighted by Gasteiger charge is 2.51. The number of benzene rings is 2. The first kappa shape index (κ1) is 28.9. The summed E-state index contributed by atoms with van der Waals surface area (Å²) in [5.41, 5.74) is 0.0884. The molecule has 5 nitrogen and oxygen atoms in total. The Bertz CT molecular complexity index is 1040. The smallest absolute Gasteiger partial charge is 0.414 e. The van der Waals surface area contributed by atoms with Crippen molar-refractivity contribution < 1.29 is 18.8 Å². The van der Waals surface area contributed by atoms with Gasteiger partial charge < -0.3 is 9.16 Å². The van der Waals surface area contributed by atoms with Crippen LogP contribution in [0, 0.1) is 0 Å². The number of carbonyl (C=O) groups is 2. The molecule has 0 saturated carbocycles. The van der Waals surface area contributed by atoms with Crippen molar-refractivity contribution in [2.24, 2.45) is 0 Å². The van der Waals surface area contributed by atoms with E-state index >= 15 is 0 Å². The highest BCUT2D eigenvalue weighted by molar-refractivity contribution is 6.99. The van der Waals surface area contributed by atoms with Crippen LogP contribution in [-0.2, 0) is 14.0 Å². The number of likely N-dealkylation sites (tertiary alicyclic amines) is 1. The predicted octanol–water partition coefficient (Wildman–Crippen LogP) is 6.22. The highest BCUT2D eigenvalue weighted by Crippen LogP contribution is 2.38. The van der Waals surface area contributed by atoms with Gasteiger partial charge in [0.2, 0.25) is 0 Å². The van der Waals surface area contributed by atoms with Gasteiger partial charge in [-0.15, -0.1) is 0 Å². The molecule has 1 amide bonds. The Labute approximate surface area is 224 Å².